The van der Waals surface area contributed by atoms with Crippen LogP contribution in [0, 0.1) is 25.2 Å². The Hall–Kier alpha value is -2.45. The number of anilines is 1. The van der Waals surface area contributed by atoms with Crippen LogP contribution in [0.3, 0.4) is 0 Å². The summed E-state index contributed by atoms with van der Waals surface area (Å²) in [6.45, 7) is 6.76. The van der Waals surface area contributed by atoms with Crippen molar-refractivity contribution in [3.63, 3.8) is 0 Å². The Morgan fingerprint density at radius 1 is 1.26 bits per heavy atom. The van der Waals surface area contributed by atoms with Gasteiger partial charge in [-0.05, 0) is 31.4 Å². The summed E-state index contributed by atoms with van der Waals surface area (Å²) in [4.78, 5) is 2.42. The molecule has 118 valence electrons. The van der Waals surface area contributed by atoms with E-state index >= 15 is 0 Å². The number of nitrogens with zero attached hydrogens (tertiary/aromatic N) is 4. The Morgan fingerprint density at radius 2 is 2.04 bits per heavy atom. The summed E-state index contributed by atoms with van der Waals surface area (Å²) in [6.07, 6.45) is 1.05. The summed E-state index contributed by atoms with van der Waals surface area (Å²) >= 11 is 0. The lowest BCUT2D eigenvalue weighted by Gasteiger charge is -2.18. The first-order chi connectivity index (χ1) is 11.2. The maximum Gasteiger partial charge on any atom is 0.167 e. The van der Waals surface area contributed by atoms with Crippen LogP contribution in [0.1, 0.15) is 28.8 Å². The lowest BCUT2D eigenvalue weighted by atomic mass is 10.1. The summed E-state index contributed by atoms with van der Waals surface area (Å²) in [5, 5.41) is 21.1. The van der Waals surface area contributed by atoms with Crippen LogP contribution in [0.25, 0.3) is 0 Å². The normalized spacial score (nSPS) is 17.9. The number of nitriles is 1. The smallest absolute Gasteiger partial charge is 0.167 e. The second-order valence-electron chi connectivity index (χ2n) is 6.10. The van der Waals surface area contributed by atoms with Gasteiger partial charge in [0, 0.05) is 25.7 Å². The van der Waals surface area contributed by atoms with Crippen molar-refractivity contribution < 1.29 is 0 Å². The highest BCUT2D eigenvalue weighted by atomic mass is 15.2. The van der Waals surface area contributed by atoms with Gasteiger partial charge in [-0.25, -0.2) is 0 Å². The van der Waals surface area contributed by atoms with Crippen molar-refractivity contribution >= 4 is 5.82 Å². The van der Waals surface area contributed by atoms with Gasteiger partial charge < -0.3 is 5.32 Å². The average molecular weight is 307 g/mol. The molecule has 0 aliphatic carbocycles. The number of nitrogens with one attached hydrogen (secondary N) is 1. The monoisotopic (exact) mass is 307 g/mol. The highest BCUT2D eigenvalue weighted by Gasteiger charge is 2.24. The molecule has 0 bridgehead atoms. The minimum atomic E-state index is 0.308. The minimum absolute atomic E-state index is 0.308. The molecule has 1 N–H and O–H groups in total. The Labute approximate surface area is 137 Å². The molecule has 1 saturated heterocycles. The van der Waals surface area contributed by atoms with E-state index < -0.39 is 0 Å². The third kappa shape index (κ3) is 3.49. The van der Waals surface area contributed by atoms with Crippen LogP contribution in [-0.4, -0.2) is 34.2 Å². The molecule has 0 saturated carbocycles. The van der Waals surface area contributed by atoms with E-state index in [2.05, 4.69) is 50.7 Å². The number of aromatic nitrogens is 2. The number of aryl methyl sites for hydroxylation is 1. The Morgan fingerprint density at radius 3 is 2.78 bits per heavy atom. The summed E-state index contributed by atoms with van der Waals surface area (Å²) in [7, 11) is 0. The molecule has 1 aliphatic heterocycles. The topological polar surface area (TPSA) is 64.8 Å². The SMILES string of the molecule is Cc1nnc(N[C@@H]2CCN(Cc3ccccc3)C2)c(C#N)c1C. The van der Waals surface area contributed by atoms with Crippen molar-refractivity contribution in [2.75, 3.05) is 18.4 Å². The van der Waals surface area contributed by atoms with E-state index in [-0.39, 0.29) is 0 Å². The van der Waals surface area contributed by atoms with Gasteiger partial charge in [0.1, 0.15) is 11.6 Å². The summed E-state index contributed by atoms with van der Waals surface area (Å²) in [5.41, 5.74) is 3.66. The zero-order valence-electron chi connectivity index (χ0n) is 13.6. The lowest BCUT2D eigenvalue weighted by Crippen LogP contribution is -2.27. The minimum Gasteiger partial charge on any atom is -0.363 e. The maximum atomic E-state index is 9.38. The maximum absolute atomic E-state index is 9.38. The lowest BCUT2D eigenvalue weighted by molar-refractivity contribution is 0.328. The van der Waals surface area contributed by atoms with Crippen molar-refractivity contribution in [2.45, 2.75) is 32.9 Å². The highest BCUT2D eigenvalue weighted by Crippen LogP contribution is 2.21. The van der Waals surface area contributed by atoms with Crippen LogP contribution in [0.4, 0.5) is 5.82 Å². The van der Waals surface area contributed by atoms with E-state index in [0.717, 1.165) is 37.3 Å². The molecule has 23 heavy (non-hydrogen) atoms. The van der Waals surface area contributed by atoms with E-state index in [9.17, 15) is 5.26 Å². The molecule has 1 aromatic carbocycles. The van der Waals surface area contributed by atoms with Crippen LogP contribution in [0.5, 0.6) is 0 Å². The molecule has 0 unspecified atom stereocenters. The summed E-state index contributed by atoms with van der Waals surface area (Å²) in [5.74, 6) is 0.613. The number of benzene rings is 1. The fourth-order valence-electron chi connectivity index (χ4n) is 2.98. The van der Waals surface area contributed by atoms with Gasteiger partial charge in [-0.2, -0.15) is 10.4 Å². The van der Waals surface area contributed by atoms with Gasteiger partial charge in [0.15, 0.2) is 5.82 Å². The van der Waals surface area contributed by atoms with E-state index in [0.29, 0.717) is 17.4 Å². The van der Waals surface area contributed by atoms with E-state index in [4.69, 9.17) is 0 Å². The predicted molar refractivity (Wildman–Crippen MR) is 90.0 cm³/mol. The second-order valence-corrected chi connectivity index (χ2v) is 6.10. The molecule has 1 aliphatic rings. The van der Waals surface area contributed by atoms with Gasteiger partial charge in [-0.15, -0.1) is 5.10 Å². The first-order valence-electron chi connectivity index (χ1n) is 7.94. The van der Waals surface area contributed by atoms with Crippen LogP contribution in [-0.2, 0) is 6.54 Å². The van der Waals surface area contributed by atoms with Crippen LogP contribution < -0.4 is 5.32 Å². The molecular weight excluding hydrogens is 286 g/mol. The van der Waals surface area contributed by atoms with Crippen molar-refractivity contribution in [3.8, 4) is 6.07 Å². The zero-order valence-corrected chi connectivity index (χ0v) is 13.6. The molecule has 5 heteroatoms. The van der Waals surface area contributed by atoms with E-state index in [1.807, 2.05) is 19.9 Å². The molecule has 2 heterocycles. The molecule has 0 radical (unpaired) electrons. The van der Waals surface area contributed by atoms with Crippen LogP contribution >= 0.6 is 0 Å². The zero-order chi connectivity index (χ0) is 16.2. The number of likely N-dealkylation sites (tertiary alicyclic amines) is 1. The van der Waals surface area contributed by atoms with Crippen molar-refractivity contribution in [1.82, 2.24) is 15.1 Å². The van der Waals surface area contributed by atoms with Gasteiger partial charge in [-0.3, -0.25) is 4.90 Å². The van der Waals surface area contributed by atoms with Crippen LogP contribution in [0.15, 0.2) is 30.3 Å². The molecule has 1 atom stereocenters. The number of hydrogen-bond donors (Lipinski definition) is 1. The van der Waals surface area contributed by atoms with Crippen molar-refractivity contribution in [2.24, 2.45) is 0 Å². The first kappa shape index (κ1) is 15.4. The molecule has 0 spiro atoms. The molecule has 5 nitrogen and oxygen atoms in total. The van der Waals surface area contributed by atoms with Gasteiger partial charge in [0.05, 0.1) is 5.69 Å². The van der Waals surface area contributed by atoms with Gasteiger partial charge in [0.2, 0.25) is 0 Å². The summed E-state index contributed by atoms with van der Waals surface area (Å²) in [6, 6.07) is 13.1. The second kappa shape index (κ2) is 6.76. The molecule has 1 aromatic heterocycles. The fourth-order valence-corrected chi connectivity index (χ4v) is 2.98. The molecule has 2 aromatic rings. The largest absolute Gasteiger partial charge is 0.363 e. The van der Waals surface area contributed by atoms with Crippen molar-refractivity contribution in [1.29, 1.82) is 5.26 Å². The summed E-state index contributed by atoms with van der Waals surface area (Å²) < 4.78 is 0. The highest BCUT2D eigenvalue weighted by molar-refractivity contribution is 5.56. The van der Waals surface area contributed by atoms with Crippen LogP contribution in [0.2, 0.25) is 0 Å². The van der Waals surface area contributed by atoms with Gasteiger partial charge in [-0.1, -0.05) is 30.3 Å². The Bertz CT molecular complexity index is 720. The average Bonchev–Trinajstić information content (AvgIpc) is 2.99. The number of hydrogen-bond acceptors (Lipinski definition) is 5. The van der Waals surface area contributed by atoms with Gasteiger partial charge in [0.25, 0.3) is 0 Å². The van der Waals surface area contributed by atoms with Crippen molar-refractivity contribution in [3.05, 3.63) is 52.7 Å². The van der Waals surface area contributed by atoms with E-state index in [1.165, 1.54) is 5.56 Å². The first-order valence-corrected chi connectivity index (χ1v) is 7.94. The predicted octanol–water partition coefficient (Wildman–Crippen LogP) is 2.65. The molecule has 3 rings (SSSR count). The Kier molecular flexibility index (Phi) is 4.54. The molecular formula is C18H21N5. The Balaban J connectivity index is 1.65. The fraction of sp³-hybridized carbons (Fsp3) is 0.389. The standard InChI is InChI=1S/C18H21N5/c1-13-14(2)21-22-18(17(13)10-19)20-16-8-9-23(12-16)11-15-6-4-3-5-7-15/h3-7,16H,8-9,11-12H2,1-2H3,(H,20,22)/t16-/m1/s1. The molecule has 1 fully saturated rings. The molecule has 0 amide bonds. The quantitative estimate of drug-likeness (QED) is 0.940. The number of rotatable bonds is 4. The third-order valence-electron chi connectivity index (χ3n) is 4.43. The van der Waals surface area contributed by atoms with Gasteiger partial charge >= 0.3 is 0 Å². The van der Waals surface area contributed by atoms with E-state index in [1.54, 1.807) is 0 Å². The third-order valence-corrected chi connectivity index (χ3v) is 4.43.